The molecular weight excluding hydrogens is 408 g/mol. The van der Waals surface area contributed by atoms with Crippen molar-refractivity contribution in [1.29, 1.82) is 0 Å². The normalized spacial score (nSPS) is 19.5. The Hall–Kier alpha value is -2.97. The van der Waals surface area contributed by atoms with Gasteiger partial charge in [-0.05, 0) is 38.2 Å². The van der Waals surface area contributed by atoms with Gasteiger partial charge in [0.05, 0.1) is 30.7 Å². The average molecular weight is 441 g/mol. The number of nitrogens with zero attached hydrogens (tertiary/aromatic N) is 5. The summed E-state index contributed by atoms with van der Waals surface area (Å²) in [5, 5.41) is 4.21. The molecule has 2 aromatic rings. The third-order valence-electron chi connectivity index (χ3n) is 6.45. The van der Waals surface area contributed by atoms with Crippen LogP contribution in [0.4, 0.5) is 0 Å². The lowest BCUT2D eigenvalue weighted by atomic mass is 9.98. The highest BCUT2D eigenvalue weighted by Crippen LogP contribution is 2.31. The zero-order valence-electron chi connectivity index (χ0n) is 18.9. The number of H-pyrrole nitrogens is 1. The molecule has 2 aliphatic heterocycles. The van der Waals surface area contributed by atoms with E-state index in [0.29, 0.717) is 56.1 Å². The number of nitrogens with one attached hydrogen (secondary N) is 1. The summed E-state index contributed by atoms with van der Waals surface area (Å²) in [6.07, 6.45) is 8.05. The number of amides is 2. The SMILES string of the molecule is CCCC(=O)N1CCc2c(nc([C@H]3CCCCN3C(=O)[C@H](C)Cn3cccn3)[nH]c2=O)C1. The molecule has 0 spiro atoms. The summed E-state index contributed by atoms with van der Waals surface area (Å²) in [6, 6.07) is 1.59. The van der Waals surface area contributed by atoms with Crippen molar-refractivity contribution < 1.29 is 9.59 Å². The molecule has 9 heteroatoms. The van der Waals surface area contributed by atoms with E-state index in [0.717, 1.165) is 25.7 Å². The standard InChI is InChI=1S/C23H32N6O3/c1-3-7-20(30)27-13-9-17-18(15-27)25-21(26-22(17)31)19-8-4-5-12-29(19)23(32)16(2)14-28-11-6-10-24-28/h6,10-11,16,19H,3-5,7-9,12-15H2,1-2H3,(H,25,26,31)/t16-,19-/m1/s1. The van der Waals surface area contributed by atoms with Crippen LogP contribution in [0.25, 0.3) is 0 Å². The van der Waals surface area contributed by atoms with Gasteiger partial charge in [-0.3, -0.25) is 19.1 Å². The monoisotopic (exact) mass is 440 g/mol. The lowest BCUT2D eigenvalue weighted by molar-refractivity contribution is -0.139. The molecule has 2 atom stereocenters. The van der Waals surface area contributed by atoms with E-state index < -0.39 is 0 Å². The van der Waals surface area contributed by atoms with Gasteiger partial charge in [-0.1, -0.05) is 13.8 Å². The summed E-state index contributed by atoms with van der Waals surface area (Å²) in [5.41, 5.74) is 1.19. The zero-order valence-corrected chi connectivity index (χ0v) is 18.9. The Labute approximate surface area is 187 Å². The van der Waals surface area contributed by atoms with E-state index in [1.807, 2.05) is 31.0 Å². The van der Waals surface area contributed by atoms with Gasteiger partial charge in [0.15, 0.2) is 0 Å². The first-order valence-electron chi connectivity index (χ1n) is 11.7. The number of hydrogen-bond acceptors (Lipinski definition) is 5. The summed E-state index contributed by atoms with van der Waals surface area (Å²) in [5.74, 6) is 0.453. The minimum absolute atomic E-state index is 0.0466. The summed E-state index contributed by atoms with van der Waals surface area (Å²) >= 11 is 0. The van der Waals surface area contributed by atoms with Crippen molar-refractivity contribution in [1.82, 2.24) is 29.5 Å². The molecule has 0 unspecified atom stereocenters. The molecule has 0 bridgehead atoms. The van der Waals surface area contributed by atoms with Crippen LogP contribution in [0.3, 0.4) is 0 Å². The highest BCUT2D eigenvalue weighted by Gasteiger charge is 2.33. The predicted octanol–water partition coefficient (Wildman–Crippen LogP) is 2.04. The third-order valence-corrected chi connectivity index (χ3v) is 6.45. The van der Waals surface area contributed by atoms with E-state index in [1.54, 1.807) is 15.8 Å². The van der Waals surface area contributed by atoms with Crippen LogP contribution in [0.1, 0.15) is 69.1 Å². The Morgan fingerprint density at radius 1 is 1.28 bits per heavy atom. The average Bonchev–Trinajstić information content (AvgIpc) is 3.31. The first-order chi connectivity index (χ1) is 15.5. The van der Waals surface area contributed by atoms with Crippen molar-refractivity contribution in [2.75, 3.05) is 13.1 Å². The third kappa shape index (κ3) is 4.61. The fourth-order valence-corrected chi connectivity index (χ4v) is 4.73. The number of carbonyl (C=O) groups excluding carboxylic acids is 2. The van der Waals surface area contributed by atoms with Crippen molar-refractivity contribution in [3.63, 3.8) is 0 Å². The fraction of sp³-hybridized carbons (Fsp3) is 0.609. The lowest BCUT2D eigenvalue weighted by Gasteiger charge is -2.37. The number of likely N-dealkylation sites (tertiary alicyclic amines) is 1. The maximum atomic E-state index is 13.3. The Balaban J connectivity index is 1.56. The second-order valence-electron chi connectivity index (χ2n) is 8.86. The van der Waals surface area contributed by atoms with Crippen LogP contribution in [0.5, 0.6) is 0 Å². The van der Waals surface area contributed by atoms with Crippen LogP contribution in [0.15, 0.2) is 23.3 Å². The second kappa shape index (κ2) is 9.67. The van der Waals surface area contributed by atoms with E-state index >= 15 is 0 Å². The largest absolute Gasteiger partial charge is 0.336 e. The van der Waals surface area contributed by atoms with Crippen LogP contribution >= 0.6 is 0 Å². The van der Waals surface area contributed by atoms with Crippen molar-refractivity contribution in [2.24, 2.45) is 5.92 Å². The van der Waals surface area contributed by atoms with Gasteiger partial charge in [-0.15, -0.1) is 0 Å². The Kier molecular flexibility index (Phi) is 6.72. The Morgan fingerprint density at radius 3 is 2.88 bits per heavy atom. The van der Waals surface area contributed by atoms with Gasteiger partial charge in [0.1, 0.15) is 5.82 Å². The smallest absolute Gasteiger partial charge is 0.254 e. The van der Waals surface area contributed by atoms with E-state index in [9.17, 15) is 14.4 Å². The summed E-state index contributed by atoms with van der Waals surface area (Å²) in [6.45, 7) is 5.97. The van der Waals surface area contributed by atoms with Gasteiger partial charge in [0.2, 0.25) is 11.8 Å². The van der Waals surface area contributed by atoms with Crippen molar-refractivity contribution in [3.8, 4) is 0 Å². The number of aromatic nitrogens is 4. The molecule has 4 heterocycles. The molecule has 9 nitrogen and oxygen atoms in total. The van der Waals surface area contributed by atoms with E-state index in [1.165, 1.54) is 0 Å². The number of hydrogen-bond donors (Lipinski definition) is 1. The maximum Gasteiger partial charge on any atom is 0.254 e. The van der Waals surface area contributed by atoms with Gasteiger partial charge in [0, 0.05) is 37.5 Å². The quantitative estimate of drug-likeness (QED) is 0.740. The van der Waals surface area contributed by atoms with Gasteiger partial charge >= 0.3 is 0 Å². The molecule has 172 valence electrons. The number of carbonyl (C=O) groups is 2. The molecule has 0 radical (unpaired) electrons. The molecule has 4 rings (SSSR count). The second-order valence-corrected chi connectivity index (χ2v) is 8.86. The lowest BCUT2D eigenvalue weighted by Crippen LogP contribution is -2.44. The highest BCUT2D eigenvalue weighted by molar-refractivity contribution is 5.79. The van der Waals surface area contributed by atoms with E-state index in [4.69, 9.17) is 4.98 Å². The van der Waals surface area contributed by atoms with Crippen LogP contribution in [-0.4, -0.2) is 54.5 Å². The van der Waals surface area contributed by atoms with Gasteiger partial charge in [0.25, 0.3) is 5.56 Å². The van der Waals surface area contributed by atoms with Crippen LogP contribution in [0.2, 0.25) is 0 Å². The molecule has 0 saturated carbocycles. The van der Waals surface area contributed by atoms with Gasteiger partial charge in [-0.2, -0.15) is 5.10 Å². The Morgan fingerprint density at radius 2 is 2.12 bits per heavy atom. The Bertz CT molecular complexity index is 1020. The molecule has 2 amide bonds. The zero-order chi connectivity index (χ0) is 22.7. The first-order valence-corrected chi connectivity index (χ1v) is 11.7. The maximum absolute atomic E-state index is 13.3. The number of aromatic amines is 1. The predicted molar refractivity (Wildman–Crippen MR) is 119 cm³/mol. The van der Waals surface area contributed by atoms with Crippen LogP contribution in [0, 0.1) is 5.92 Å². The summed E-state index contributed by atoms with van der Waals surface area (Å²) in [7, 11) is 0. The summed E-state index contributed by atoms with van der Waals surface area (Å²) < 4.78 is 1.77. The highest BCUT2D eigenvalue weighted by atomic mass is 16.2. The molecule has 1 N–H and O–H groups in total. The van der Waals surface area contributed by atoms with E-state index in [-0.39, 0.29) is 29.3 Å². The molecule has 1 fully saturated rings. The molecule has 32 heavy (non-hydrogen) atoms. The van der Waals surface area contributed by atoms with Gasteiger partial charge < -0.3 is 14.8 Å². The molecular formula is C23H32N6O3. The number of fused-ring (bicyclic) bond motifs is 1. The van der Waals surface area contributed by atoms with E-state index in [2.05, 4.69) is 10.1 Å². The summed E-state index contributed by atoms with van der Waals surface area (Å²) in [4.78, 5) is 49.9. The van der Waals surface area contributed by atoms with Crippen molar-refractivity contribution in [3.05, 3.63) is 45.9 Å². The molecule has 2 aromatic heterocycles. The molecule has 1 saturated heterocycles. The van der Waals surface area contributed by atoms with Crippen molar-refractivity contribution in [2.45, 2.75) is 71.5 Å². The van der Waals surface area contributed by atoms with Crippen LogP contribution < -0.4 is 5.56 Å². The topological polar surface area (TPSA) is 104 Å². The molecule has 0 aromatic carbocycles. The first kappa shape index (κ1) is 22.2. The number of piperidine rings is 1. The van der Waals surface area contributed by atoms with Crippen LogP contribution in [-0.2, 0) is 29.1 Å². The van der Waals surface area contributed by atoms with Crippen molar-refractivity contribution >= 4 is 11.8 Å². The van der Waals surface area contributed by atoms with Gasteiger partial charge in [-0.25, -0.2) is 4.98 Å². The minimum Gasteiger partial charge on any atom is -0.336 e. The fourth-order valence-electron chi connectivity index (χ4n) is 4.73. The minimum atomic E-state index is -0.254. The number of rotatable bonds is 6. The molecule has 2 aliphatic rings. The molecule has 0 aliphatic carbocycles.